The number of carbonyl (C=O) groups excluding carboxylic acids is 1. The molecule has 6 nitrogen and oxygen atoms in total. The summed E-state index contributed by atoms with van der Waals surface area (Å²) in [7, 11) is -4.58. The molecule has 174 valence electrons. The van der Waals surface area contributed by atoms with Crippen molar-refractivity contribution in [1.82, 2.24) is 14.5 Å². The number of hydrogen-bond acceptors (Lipinski definition) is 4. The van der Waals surface area contributed by atoms with Crippen molar-refractivity contribution in [3.63, 3.8) is 0 Å². The molecule has 1 aliphatic rings. The van der Waals surface area contributed by atoms with E-state index in [-0.39, 0.29) is 5.82 Å². The largest absolute Gasteiger partial charge is 0.417 e. The van der Waals surface area contributed by atoms with Gasteiger partial charge in [-0.3, -0.25) is 9.69 Å². The smallest absolute Gasteiger partial charge is 0.339 e. The number of alkyl halides is 3. The van der Waals surface area contributed by atoms with Crippen LogP contribution in [0.4, 0.5) is 17.6 Å². The number of rotatable bonds is 6. The number of nitrogens with one attached hydrogen (secondary N) is 1. The van der Waals surface area contributed by atoms with E-state index in [1.807, 2.05) is 4.90 Å². The van der Waals surface area contributed by atoms with Crippen LogP contribution < -0.4 is 4.72 Å². The summed E-state index contributed by atoms with van der Waals surface area (Å²) in [6.07, 6.45) is -4.85. The van der Waals surface area contributed by atoms with E-state index in [0.717, 1.165) is 12.1 Å². The molecule has 1 aliphatic heterocycles. The molecule has 1 amide bonds. The van der Waals surface area contributed by atoms with Gasteiger partial charge in [-0.15, -0.1) is 0 Å². The minimum absolute atomic E-state index is 0.290. The molecule has 0 saturated carbocycles. The number of halogens is 4. The van der Waals surface area contributed by atoms with E-state index >= 15 is 0 Å². The molecule has 1 atom stereocenters. The topological polar surface area (TPSA) is 69.7 Å². The minimum Gasteiger partial charge on any atom is -0.339 e. The van der Waals surface area contributed by atoms with Gasteiger partial charge >= 0.3 is 6.18 Å². The van der Waals surface area contributed by atoms with Crippen molar-refractivity contribution in [3.8, 4) is 0 Å². The van der Waals surface area contributed by atoms with Gasteiger partial charge in [0.1, 0.15) is 5.82 Å². The fraction of sp³-hybridized carbons (Fsp3) is 0.381. The Morgan fingerprint density at radius 3 is 2.25 bits per heavy atom. The summed E-state index contributed by atoms with van der Waals surface area (Å²) in [5.74, 6) is -0.850. The van der Waals surface area contributed by atoms with Crippen LogP contribution in [0.2, 0.25) is 0 Å². The van der Waals surface area contributed by atoms with Gasteiger partial charge in [0.2, 0.25) is 15.9 Å². The van der Waals surface area contributed by atoms with Crippen molar-refractivity contribution in [1.29, 1.82) is 0 Å². The molecular weight excluding hydrogens is 450 g/mol. The van der Waals surface area contributed by atoms with E-state index in [1.54, 1.807) is 18.2 Å². The lowest BCUT2D eigenvalue weighted by molar-refractivity contribution is -0.139. The SMILES string of the molecule is C[C@H](NS(=O)(=O)c1ccccc1C(F)(F)F)C(=O)N1CCN(Cc2ccccc2F)CC1. The van der Waals surface area contributed by atoms with Crippen LogP contribution in [0.5, 0.6) is 0 Å². The Labute approximate surface area is 183 Å². The Hall–Kier alpha value is -2.50. The fourth-order valence-corrected chi connectivity index (χ4v) is 4.97. The van der Waals surface area contributed by atoms with Crippen LogP contribution in [0.25, 0.3) is 0 Å². The molecule has 0 aromatic heterocycles. The predicted octanol–water partition coefficient (Wildman–Crippen LogP) is 2.86. The molecule has 2 aromatic carbocycles. The van der Waals surface area contributed by atoms with Crippen LogP contribution in [0.15, 0.2) is 53.4 Å². The van der Waals surface area contributed by atoms with Crippen LogP contribution >= 0.6 is 0 Å². The summed E-state index contributed by atoms with van der Waals surface area (Å²) in [5, 5.41) is 0. The van der Waals surface area contributed by atoms with Crippen molar-refractivity contribution in [2.75, 3.05) is 26.2 Å². The molecule has 11 heteroatoms. The van der Waals surface area contributed by atoms with Crippen molar-refractivity contribution in [2.45, 2.75) is 30.6 Å². The first-order valence-corrected chi connectivity index (χ1v) is 11.4. The number of sulfonamides is 1. The average Bonchev–Trinajstić information content (AvgIpc) is 2.74. The molecule has 0 spiro atoms. The van der Waals surface area contributed by atoms with E-state index in [2.05, 4.69) is 4.72 Å². The Morgan fingerprint density at radius 1 is 1.03 bits per heavy atom. The highest BCUT2D eigenvalue weighted by Gasteiger charge is 2.38. The third-order valence-electron chi connectivity index (χ3n) is 5.22. The molecule has 2 aromatic rings. The minimum atomic E-state index is -4.85. The molecule has 1 N–H and O–H groups in total. The zero-order valence-corrected chi connectivity index (χ0v) is 18.1. The average molecular weight is 473 g/mol. The number of piperazine rings is 1. The van der Waals surface area contributed by atoms with Gasteiger partial charge in [0.15, 0.2) is 0 Å². The summed E-state index contributed by atoms with van der Waals surface area (Å²) < 4.78 is 80.6. The third-order valence-corrected chi connectivity index (χ3v) is 6.82. The molecule has 0 bridgehead atoms. The third kappa shape index (κ3) is 5.64. The quantitative estimate of drug-likeness (QED) is 0.656. The molecular formula is C21H23F4N3O3S. The van der Waals surface area contributed by atoms with Crippen LogP contribution in [-0.4, -0.2) is 56.3 Å². The summed E-state index contributed by atoms with van der Waals surface area (Å²) in [4.78, 5) is 15.2. The number of hydrogen-bond donors (Lipinski definition) is 1. The van der Waals surface area contributed by atoms with Gasteiger partial charge in [-0.05, 0) is 25.1 Å². The van der Waals surface area contributed by atoms with E-state index in [1.165, 1.54) is 24.0 Å². The zero-order valence-electron chi connectivity index (χ0n) is 17.3. The maximum absolute atomic E-state index is 13.8. The molecule has 0 aliphatic carbocycles. The second-order valence-electron chi connectivity index (χ2n) is 7.53. The number of carbonyl (C=O) groups is 1. The molecule has 3 rings (SSSR count). The number of benzene rings is 2. The Balaban J connectivity index is 1.61. The van der Waals surface area contributed by atoms with E-state index in [4.69, 9.17) is 0 Å². The molecule has 1 fully saturated rings. The van der Waals surface area contributed by atoms with Crippen molar-refractivity contribution >= 4 is 15.9 Å². The highest BCUT2D eigenvalue weighted by Crippen LogP contribution is 2.34. The van der Waals surface area contributed by atoms with E-state index < -0.39 is 38.6 Å². The summed E-state index contributed by atoms with van der Waals surface area (Å²) >= 11 is 0. The maximum atomic E-state index is 13.8. The highest BCUT2D eigenvalue weighted by atomic mass is 32.2. The summed E-state index contributed by atoms with van der Waals surface area (Å²) in [6.45, 7) is 3.16. The first kappa shape index (κ1) is 24.1. The van der Waals surface area contributed by atoms with Gasteiger partial charge < -0.3 is 4.90 Å². The van der Waals surface area contributed by atoms with Crippen molar-refractivity contribution in [2.24, 2.45) is 0 Å². The highest BCUT2D eigenvalue weighted by molar-refractivity contribution is 7.89. The molecule has 0 radical (unpaired) electrons. The monoisotopic (exact) mass is 473 g/mol. The molecule has 32 heavy (non-hydrogen) atoms. The van der Waals surface area contributed by atoms with Gasteiger partial charge in [0.25, 0.3) is 0 Å². The van der Waals surface area contributed by atoms with E-state index in [0.29, 0.717) is 44.4 Å². The molecule has 1 saturated heterocycles. The normalized spacial score (nSPS) is 16.7. The maximum Gasteiger partial charge on any atom is 0.417 e. The first-order valence-electron chi connectivity index (χ1n) is 9.92. The fourth-order valence-electron chi connectivity index (χ4n) is 3.55. The Bertz CT molecular complexity index is 1070. The number of amides is 1. The second kappa shape index (κ2) is 9.55. The number of nitrogens with zero attached hydrogens (tertiary/aromatic N) is 2. The van der Waals surface area contributed by atoms with Gasteiger partial charge in [-0.2, -0.15) is 17.9 Å². The Kier molecular flexibility index (Phi) is 7.21. The van der Waals surface area contributed by atoms with Crippen molar-refractivity contribution in [3.05, 3.63) is 65.5 Å². The predicted molar refractivity (Wildman–Crippen MR) is 109 cm³/mol. The van der Waals surface area contributed by atoms with E-state index in [9.17, 15) is 30.8 Å². The van der Waals surface area contributed by atoms with Gasteiger partial charge in [0.05, 0.1) is 16.5 Å². The van der Waals surface area contributed by atoms with Crippen LogP contribution in [-0.2, 0) is 27.5 Å². The summed E-state index contributed by atoms with van der Waals surface area (Å²) in [5.41, 5.74) is -0.759. The standard InChI is InChI=1S/C21H23F4N3O3S/c1-15(26-32(30,31)19-9-5-3-7-17(19)21(23,24)25)20(29)28-12-10-27(11-13-28)14-16-6-2-4-8-18(16)22/h2-9,15,26H,10-14H2,1H3/t15-/m0/s1. The van der Waals surface area contributed by atoms with Gasteiger partial charge in [0, 0.05) is 38.3 Å². The second-order valence-corrected chi connectivity index (χ2v) is 9.21. The van der Waals surface area contributed by atoms with Gasteiger partial charge in [-0.1, -0.05) is 30.3 Å². The molecule has 0 unspecified atom stereocenters. The lowest BCUT2D eigenvalue weighted by Crippen LogP contribution is -2.54. The molecule has 1 heterocycles. The van der Waals surface area contributed by atoms with Crippen LogP contribution in [0.3, 0.4) is 0 Å². The van der Waals surface area contributed by atoms with Crippen LogP contribution in [0.1, 0.15) is 18.1 Å². The first-order chi connectivity index (χ1) is 15.0. The Morgan fingerprint density at radius 2 is 1.62 bits per heavy atom. The van der Waals surface area contributed by atoms with Crippen LogP contribution in [0, 0.1) is 5.82 Å². The summed E-state index contributed by atoms with van der Waals surface area (Å²) in [6, 6.07) is 8.96. The van der Waals surface area contributed by atoms with Gasteiger partial charge in [-0.25, -0.2) is 12.8 Å². The lowest BCUT2D eigenvalue weighted by Gasteiger charge is -2.36. The zero-order chi connectivity index (χ0) is 23.5. The van der Waals surface area contributed by atoms with Crippen molar-refractivity contribution < 1.29 is 30.8 Å². The lowest BCUT2D eigenvalue weighted by atomic mass is 10.2.